The Morgan fingerprint density at radius 1 is 1.47 bits per heavy atom. The van der Waals surface area contributed by atoms with Gasteiger partial charge in [0.2, 0.25) is 5.91 Å². The summed E-state index contributed by atoms with van der Waals surface area (Å²) in [6.07, 6.45) is 3.44. The number of hydrogen-bond donors (Lipinski definition) is 1. The number of aryl methyl sites for hydroxylation is 2. The number of nitrogens with one attached hydrogen (secondary N) is 1. The smallest absolute Gasteiger partial charge is 0.222 e. The summed E-state index contributed by atoms with van der Waals surface area (Å²) in [7, 11) is 0. The van der Waals surface area contributed by atoms with Crippen molar-refractivity contribution in [3.63, 3.8) is 0 Å². The molecule has 0 spiro atoms. The zero-order valence-corrected chi connectivity index (χ0v) is 10.4. The first-order valence-corrected chi connectivity index (χ1v) is 5.98. The van der Waals surface area contributed by atoms with E-state index in [4.69, 9.17) is 0 Å². The molecule has 1 aliphatic rings. The monoisotopic (exact) mass is 234 g/mol. The van der Waals surface area contributed by atoms with Crippen molar-refractivity contribution in [1.82, 2.24) is 14.9 Å². The lowest BCUT2D eigenvalue weighted by Crippen LogP contribution is -2.30. The number of anilines is 1. The molecule has 1 N–H and O–H groups in total. The van der Waals surface area contributed by atoms with Gasteiger partial charge >= 0.3 is 0 Å². The van der Waals surface area contributed by atoms with Crippen LogP contribution in [0.4, 0.5) is 5.82 Å². The van der Waals surface area contributed by atoms with Crippen LogP contribution in [0, 0.1) is 13.8 Å². The molecule has 1 aromatic rings. The fourth-order valence-corrected chi connectivity index (χ4v) is 1.95. The highest BCUT2D eigenvalue weighted by Crippen LogP contribution is 2.10. The van der Waals surface area contributed by atoms with Gasteiger partial charge < -0.3 is 10.2 Å². The van der Waals surface area contributed by atoms with Gasteiger partial charge in [0.15, 0.2) is 0 Å². The minimum Gasteiger partial charge on any atom is -0.367 e. The molecule has 0 saturated carbocycles. The van der Waals surface area contributed by atoms with Crippen LogP contribution in [-0.2, 0) is 4.79 Å². The van der Waals surface area contributed by atoms with E-state index in [1.807, 2.05) is 18.7 Å². The number of hydrogen-bond acceptors (Lipinski definition) is 4. The topological polar surface area (TPSA) is 58.1 Å². The van der Waals surface area contributed by atoms with Crippen molar-refractivity contribution in [3.8, 4) is 0 Å². The summed E-state index contributed by atoms with van der Waals surface area (Å²) in [6, 6.07) is 0. The average molecular weight is 234 g/mol. The summed E-state index contributed by atoms with van der Waals surface area (Å²) < 4.78 is 0. The minimum atomic E-state index is 0.263. The summed E-state index contributed by atoms with van der Waals surface area (Å²) in [6.45, 7) is 6.20. The Kier molecular flexibility index (Phi) is 3.56. The van der Waals surface area contributed by atoms with Crippen molar-refractivity contribution in [2.45, 2.75) is 26.7 Å². The van der Waals surface area contributed by atoms with Gasteiger partial charge in [0.1, 0.15) is 5.82 Å². The summed E-state index contributed by atoms with van der Waals surface area (Å²) in [5, 5.41) is 3.23. The van der Waals surface area contributed by atoms with Crippen molar-refractivity contribution in [3.05, 3.63) is 17.6 Å². The van der Waals surface area contributed by atoms with E-state index in [9.17, 15) is 4.79 Å². The van der Waals surface area contributed by atoms with E-state index >= 15 is 0 Å². The predicted molar refractivity (Wildman–Crippen MR) is 65.8 cm³/mol. The van der Waals surface area contributed by atoms with Gasteiger partial charge in [0.25, 0.3) is 0 Å². The Balaban J connectivity index is 1.85. The third-order valence-electron chi connectivity index (χ3n) is 2.92. The number of rotatable bonds is 4. The SMILES string of the molecule is Cc1cnc(C)c(NCCN2CCCC2=O)n1. The Bertz CT molecular complexity index is 419. The summed E-state index contributed by atoms with van der Waals surface area (Å²) in [5.74, 6) is 1.08. The maximum absolute atomic E-state index is 11.4. The number of aromatic nitrogens is 2. The van der Waals surface area contributed by atoms with Gasteiger partial charge in [-0.15, -0.1) is 0 Å². The fourth-order valence-electron chi connectivity index (χ4n) is 1.95. The molecule has 0 bridgehead atoms. The highest BCUT2D eigenvalue weighted by Gasteiger charge is 2.19. The number of amides is 1. The molecular formula is C12H18N4O. The van der Waals surface area contributed by atoms with Crippen LogP contribution in [0.5, 0.6) is 0 Å². The maximum atomic E-state index is 11.4. The second-order valence-electron chi connectivity index (χ2n) is 4.36. The first-order chi connectivity index (χ1) is 8.16. The molecule has 2 heterocycles. The van der Waals surface area contributed by atoms with E-state index in [0.717, 1.165) is 43.3 Å². The molecule has 1 aromatic heterocycles. The highest BCUT2D eigenvalue weighted by molar-refractivity contribution is 5.78. The minimum absolute atomic E-state index is 0.263. The second kappa shape index (κ2) is 5.12. The Hall–Kier alpha value is -1.65. The van der Waals surface area contributed by atoms with E-state index in [1.54, 1.807) is 6.20 Å². The summed E-state index contributed by atoms with van der Waals surface area (Å²) in [4.78, 5) is 21.9. The van der Waals surface area contributed by atoms with Crippen LogP contribution in [0.15, 0.2) is 6.20 Å². The van der Waals surface area contributed by atoms with Gasteiger partial charge in [-0.1, -0.05) is 0 Å². The summed E-state index contributed by atoms with van der Waals surface area (Å²) in [5.41, 5.74) is 1.79. The molecule has 5 nitrogen and oxygen atoms in total. The van der Waals surface area contributed by atoms with E-state index in [2.05, 4.69) is 15.3 Å². The van der Waals surface area contributed by atoms with Gasteiger partial charge in [0, 0.05) is 32.3 Å². The molecule has 1 fully saturated rings. The first kappa shape index (κ1) is 11.8. The first-order valence-electron chi connectivity index (χ1n) is 5.98. The Labute approximate surface area is 101 Å². The number of carbonyl (C=O) groups is 1. The standard InChI is InChI=1S/C12H18N4O/c1-9-8-14-10(2)12(15-9)13-5-7-16-6-3-4-11(16)17/h8H,3-7H2,1-2H3,(H,13,15). The van der Waals surface area contributed by atoms with Crippen molar-refractivity contribution < 1.29 is 4.79 Å². The van der Waals surface area contributed by atoms with Gasteiger partial charge in [-0.25, -0.2) is 4.98 Å². The number of likely N-dealkylation sites (tertiary alicyclic amines) is 1. The van der Waals surface area contributed by atoms with E-state index in [1.165, 1.54) is 0 Å². The van der Waals surface area contributed by atoms with Crippen LogP contribution in [0.25, 0.3) is 0 Å². The maximum Gasteiger partial charge on any atom is 0.222 e. The van der Waals surface area contributed by atoms with Crippen LogP contribution >= 0.6 is 0 Å². The molecule has 92 valence electrons. The van der Waals surface area contributed by atoms with Crippen LogP contribution in [-0.4, -0.2) is 40.4 Å². The van der Waals surface area contributed by atoms with Crippen molar-refractivity contribution in [2.75, 3.05) is 25.0 Å². The quantitative estimate of drug-likeness (QED) is 0.848. The Morgan fingerprint density at radius 3 is 3.00 bits per heavy atom. The zero-order chi connectivity index (χ0) is 12.3. The van der Waals surface area contributed by atoms with Crippen molar-refractivity contribution >= 4 is 11.7 Å². The number of nitrogens with zero attached hydrogens (tertiary/aromatic N) is 3. The van der Waals surface area contributed by atoms with Crippen LogP contribution in [0.1, 0.15) is 24.2 Å². The van der Waals surface area contributed by atoms with Gasteiger partial charge in [-0.3, -0.25) is 9.78 Å². The van der Waals surface area contributed by atoms with Gasteiger partial charge in [-0.05, 0) is 20.3 Å². The van der Waals surface area contributed by atoms with Gasteiger partial charge in [-0.2, -0.15) is 0 Å². The molecule has 1 aliphatic heterocycles. The largest absolute Gasteiger partial charge is 0.367 e. The van der Waals surface area contributed by atoms with Crippen molar-refractivity contribution in [2.24, 2.45) is 0 Å². The van der Waals surface area contributed by atoms with Crippen LogP contribution in [0.3, 0.4) is 0 Å². The lowest BCUT2D eigenvalue weighted by atomic mass is 10.4. The van der Waals surface area contributed by atoms with Gasteiger partial charge in [0.05, 0.1) is 11.4 Å². The molecule has 1 amide bonds. The van der Waals surface area contributed by atoms with E-state index in [0.29, 0.717) is 6.42 Å². The van der Waals surface area contributed by atoms with Crippen LogP contribution < -0.4 is 5.32 Å². The fraction of sp³-hybridized carbons (Fsp3) is 0.583. The second-order valence-corrected chi connectivity index (χ2v) is 4.36. The number of carbonyl (C=O) groups excluding carboxylic acids is 1. The Morgan fingerprint density at radius 2 is 2.29 bits per heavy atom. The predicted octanol–water partition coefficient (Wildman–Crippen LogP) is 1.13. The molecular weight excluding hydrogens is 216 g/mol. The lowest BCUT2D eigenvalue weighted by molar-refractivity contribution is -0.127. The molecule has 0 aliphatic carbocycles. The summed E-state index contributed by atoms with van der Waals surface area (Å²) >= 11 is 0. The molecule has 17 heavy (non-hydrogen) atoms. The molecule has 0 atom stereocenters. The van der Waals surface area contributed by atoms with E-state index < -0.39 is 0 Å². The molecule has 5 heteroatoms. The zero-order valence-electron chi connectivity index (χ0n) is 10.4. The average Bonchev–Trinajstić information content (AvgIpc) is 2.70. The lowest BCUT2D eigenvalue weighted by Gasteiger charge is -2.16. The molecule has 0 unspecified atom stereocenters. The van der Waals surface area contributed by atoms with Crippen LogP contribution in [0.2, 0.25) is 0 Å². The molecule has 0 radical (unpaired) electrons. The molecule has 2 rings (SSSR count). The van der Waals surface area contributed by atoms with Crippen molar-refractivity contribution in [1.29, 1.82) is 0 Å². The third kappa shape index (κ3) is 2.93. The third-order valence-corrected chi connectivity index (χ3v) is 2.92. The van der Waals surface area contributed by atoms with E-state index in [-0.39, 0.29) is 5.91 Å². The highest BCUT2D eigenvalue weighted by atomic mass is 16.2. The molecule has 0 aromatic carbocycles. The molecule has 1 saturated heterocycles. The normalized spacial score (nSPS) is 15.4.